The van der Waals surface area contributed by atoms with E-state index in [1.807, 2.05) is 4.68 Å². The van der Waals surface area contributed by atoms with Gasteiger partial charge in [-0.2, -0.15) is 0 Å². The van der Waals surface area contributed by atoms with E-state index in [9.17, 15) is 0 Å². The Kier molecular flexibility index (Phi) is 4.12. The lowest BCUT2D eigenvalue weighted by molar-refractivity contribution is 0.267. The molecule has 0 radical (unpaired) electrons. The molecule has 0 aromatic carbocycles. The van der Waals surface area contributed by atoms with Crippen molar-refractivity contribution < 1.29 is 5.11 Å². The monoisotopic (exact) mass is 238 g/mol. The first-order valence-corrected chi connectivity index (χ1v) is 6.52. The highest BCUT2D eigenvalue weighted by molar-refractivity contribution is 5.18. The van der Waals surface area contributed by atoms with Crippen molar-refractivity contribution in [2.24, 2.45) is 5.73 Å². The van der Waals surface area contributed by atoms with Crippen LogP contribution in [0.2, 0.25) is 0 Å². The normalized spacial score (nSPS) is 18.1. The number of hydrogen-bond donors (Lipinski definition) is 2. The Bertz CT molecular complexity index is 359. The molecule has 0 saturated heterocycles. The fourth-order valence-electron chi connectivity index (χ4n) is 2.42. The Morgan fingerprint density at radius 3 is 2.82 bits per heavy atom. The summed E-state index contributed by atoms with van der Waals surface area (Å²) in [6.45, 7) is 2.84. The molecule has 1 atom stereocenters. The van der Waals surface area contributed by atoms with Gasteiger partial charge < -0.3 is 10.8 Å². The van der Waals surface area contributed by atoms with Crippen molar-refractivity contribution in [2.45, 2.75) is 57.5 Å². The molecule has 0 aliphatic heterocycles. The molecule has 2 rings (SSSR count). The van der Waals surface area contributed by atoms with Crippen LogP contribution in [-0.2, 0) is 6.54 Å². The molecule has 1 aliphatic rings. The van der Waals surface area contributed by atoms with E-state index in [0.717, 1.165) is 18.5 Å². The van der Waals surface area contributed by atoms with Gasteiger partial charge in [-0.1, -0.05) is 11.6 Å². The van der Waals surface area contributed by atoms with Gasteiger partial charge in [0.15, 0.2) is 0 Å². The minimum absolute atomic E-state index is 0.238. The maximum Gasteiger partial charge on any atom is 0.0997 e. The molecular formula is C12H22N4O. The standard InChI is InChI=1S/C12H22N4O/c1-9(4-3-7-17)16-12(10-5-2-6-10)11(8-13)14-15-16/h9-10,17H,2-8,13H2,1H3. The van der Waals surface area contributed by atoms with Crippen LogP contribution in [0.3, 0.4) is 0 Å². The molecule has 0 amide bonds. The molecule has 96 valence electrons. The number of aliphatic hydroxyl groups is 1. The van der Waals surface area contributed by atoms with Crippen LogP contribution in [-0.4, -0.2) is 26.7 Å². The van der Waals surface area contributed by atoms with Crippen LogP contribution in [0.25, 0.3) is 0 Å². The van der Waals surface area contributed by atoms with E-state index in [1.54, 1.807) is 0 Å². The lowest BCUT2D eigenvalue weighted by atomic mass is 9.82. The van der Waals surface area contributed by atoms with Gasteiger partial charge in [-0.25, -0.2) is 4.68 Å². The predicted octanol–water partition coefficient (Wildman–Crippen LogP) is 1.34. The molecule has 1 aromatic heterocycles. The smallest absolute Gasteiger partial charge is 0.0997 e. The van der Waals surface area contributed by atoms with Gasteiger partial charge in [-0.15, -0.1) is 5.10 Å². The van der Waals surface area contributed by atoms with E-state index in [4.69, 9.17) is 10.8 Å². The van der Waals surface area contributed by atoms with Crippen molar-refractivity contribution in [3.8, 4) is 0 Å². The summed E-state index contributed by atoms with van der Waals surface area (Å²) in [4.78, 5) is 0. The maximum atomic E-state index is 8.88. The zero-order valence-electron chi connectivity index (χ0n) is 10.5. The summed E-state index contributed by atoms with van der Waals surface area (Å²) in [5.41, 5.74) is 7.91. The summed E-state index contributed by atoms with van der Waals surface area (Å²) in [5.74, 6) is 0.597. The van der Waals surface area contributed by atoms with E-state index >= 15 is 0 Å². The first-order valence-electron chi connectivity index (χ1n) is 6.52. The summed E-state index contributed by atoms with van der Waals surface area (Å²) in [5, 5.41) is 17.3. The van der Waals surface area contributed by atoms with Crippen LogP contribution in [0.4, 0.5) is 0 Å². The molecule has 1 saturated carbocycles. The summed E-state index contributed by atoms with van der Waals surface area (Å²) < 4.78 is 2.03. The van der Waals surface area contributed by atoms with Crippen LogP contribution < -0.4 is 5.73 Å². The summed E-state index contributed by atoms with van der Waals surface area (Å²) >= 11 is 0. The Morgan fingerprint density at radius 2 is 2.29 bits per heavy atom. The first kappa shape index (κ1) is 12.5. The Morgan fingerprint density at radius 1 is 1.53 bits per heavy atom. The minimum Gasteiger partial charge on any atom is -0.396 e. The number of nitrogens with zero attached hydrogens (tertiary/aromatic N) is 3. The van der Waals surface area contributed by atoms with Gasteiger partial charge in [-0.05, 0) is 32.6 Å². The van der Waals surface area contributed by atoms with Gasteiger partial charge in [0.2, 0.25) is 0 Å². The van der Waals surface area contributed by atoms with Gasteiger partial charge >= 0.3 is 0 Å². The number of hydrogen-bond acceptors (Lipinski definition) is 4. The van der Waals surface area contributed by atoms with Gasteiger partial charge in [0.05, 0.1) is 17.4 Å². The lowest BCUT2D eigenvalue weighted by Crippen LogP contribution is -2.20. The van der Waals surface area contributed by atoms with E-state index in [-0.39, 0.29) is 6.61 Å². The lowest BCUT2D eigenvalue weighted by Gasteiger charge is -2.28. The van der Waals surface area contributed by atoms with Crippen LogP contribution >= 0.6 is 0 Å². The third-order valence-electron chi connectivity index (χ3n) is 3.69. The first-order chi connectivity index (χ1) is 8.27. The van der Waals surface area contributed by atoms with E-state index < -0.39 is 0 Å². The quantitative estimate of drug-likeness (QED) is 0.784. The number of rotatable bonds is 6. The predicted molar refractivity (Wildman–Crippen MR) is 65.5 cm³/mol. The highest BCUT2D eigenvalue weighted by atomic mass is 16.2. The molecule has 3 N–H and O–H groups in total. The van der Waals surface area contributed by atoms with Gasteiger partial charge in [0.25, 0.3) is 0 Å². The molecule has 1 heterocycles. The van der Waals surface area contributed by atoms with Crippen LogP contribution in [0.15, 0.2) is 0 Å². The average molecular weight is 238 g/mol. The van der Waals surface area contributed by atoms with E-state index in [2.05, 4.69) is 17.2 Å². The second-order valence-electron chi connectivity index (χ2n) is 4.91. The van der Waals surface area contributed by atoms with Crippen molar-refractivity contribution in [1.82, 2.24) is 15.0 Å². The van der Waals surface area contributed by atoms with Crippen molar-refractivity contribution in [2.75, 3.05) is 6.61 Å². The summed E-state index contributed by atoms with van der Waals surface area (Å²) in [6.07, 6.45) is 5.50. The van der Waals surface area contributed by atoms with E-state index in [0.29, 0.717) is 18.5 Å². The molecule has 1 unspecified atom stereocenters. The van der Waals surface area contributed by atoms with Gasteiger partial charge in [-0.3, -0.25) is 0 Å². The van der Waals surface area contributed by atoms with Crippen molar-refractivity contribution >= 4 is 0 Å². The molecule has 1 aliphatic carbocycles. The number of nitrogens with two attached hydrogens (primary N) is 1. The molecule has 1 aromatic rings. The Hall–Kier alpha value is -0.940. The van der Waals surface area contributed by atoms with Crippen molar-refractivity contribution in [3.63, 3.8) is 0 Å². The van der Waals surface area contributed by atoms with Gasteiger partial charge in [0.1, 0.15) is 0 Å². The molecule has 0 spiro atoms. The van der Waals surface area contributed by atoms with E-state index in [1.165, 1.54) is 25.0 Å². The van der Waals surface area contributed by atoms with Crippen molar-refractivity contribution in [1.29, 1.82) is 0 Å². The summed E-state index contributed by atoms with van der Waals surface area (Å²) in [6, 6.07) is 0.297. The summed E-state index contributed by atoms with van der Waals surface area (Å²) in [7, 11) is 0. The molecule has 5 heteroatoms. The largest absolute Gasteiger partial charge is 0.396 e. The number of aliphatic hydroxyl groups excluding tert-OH is 1. The SMILES string of the molecule is CC(CCCO)n1nnc(CN)c1C1CCC1. The minimum atomic E-state index is 0.238. The topological polar surface area (TPSA) is 77.0 Å². The second-order valence-corrected chi connectivity index (χ2v) is 4.91. The maximum absolute atomic E-state index is 8.88. The Labute approximate surface area is 102 Å². The molecular weight excluding hydrogens is 216 g/mol. The Balaban J connectivity index is 2.17. The highest BCUT2D eigenvalue weighted by Gasteiger charge is 2.28. The molecule has 1 fully saturated rings. The highest BCUT2D eigenvalue weighted by Crippen LogP contribution is 2.38. The number of aromatic nitrogens is 3. The van der Waals surface area contributed by atoms with Gasteiger partial charge in [0, 0.05) is 19.1 Å². The fraction of sp³-hybridized carbons (Fsp3) is 0.833. The molecule has 17 heavy (non-hydrogen) atoms. The third kappa shape index (κ3) is 2.50. The molecule has 0 bridgehead atoms. The zero-order valence-corrected chi connectivity index (χ0v) is 10.5. The van der Waals surface area contributed by atoms with Crippen LogP contribution in [0, 0.1) is 0 Å². The molecule has 5 nitrogen and oxygen atoms in total. The third-order valence-corrected chi connectivity index (χ3v) is 3.69. The fourth-order valence-corrected chi connectivity index (χ4v) is 2.42. The van der Waals surface area contributed by atoms with Crippen LogP contribution in [0.5, 0.6) is 0 Å². The van der Waals surface area contributed by atoms with Crippen molar-refractivity contribution in [3.05, 3.63) is 11.4 Å². The second kappa shape index (κ2) is 5.60. The zero-order chi connectivity index (χ0) is 12.3. The average Bonchev–Trinajstić information content (AvgIpc) is 2.67. The van der Waals surface area contributed by atoms with Crippen LogP contribution in [0.1, 0.15) is 62.4 Å².